The predicted octanol–water partition coefficient (Wildman–Crippen LogP) is 16.7. The Bertz CT molecular complexity index is 3870. The maximum absolute atomic E-state index is 5.11. The second-order valence-corrected chi connectivity index (χ2v) is 17.4. The number of hydrogen-bond acceptors (Lipinski definition) is 2. The Morgan fingerprint density at radius 1 is 0.221 bits per heavy atom. The van der Waals surface area contributed by atoms with E-state index in [1.807, 2.05) is 24.3 Å². The van der Waals surface area contributed by atoms with Gasteiger partial charge in [0.25, 0.3) is 0 Å². The molecular weight excluding hydrogens is 825 g/mol. The fourth-order valence-corrected chi connectivity index (χ4v) is 10.0. The molecular formula is C64H42N4. The van der Waals surface area contributed by atoms with E-state index in [0.29, 0.717) is 5.82 Å². The van der Waals surface area contributed by atoms with Crippen LogP contribution in [-0.4, -0.2) is 19.1 Å². The van der Waals surface area contributed by atoms with Gasteiger partial charge < -0.3 is 9.13 Å². The van der Waals surface area contributed by atoms with Crippen molar-refractivity contribution in [2.45, 2.75) is 0 Å². The van der Waals surface area contributed by atoms with Crippen LogP contribution in [0.25, 0.3) is 122 Å². The van der Waals surface area contributed by atoms with Crippen molar-refractivity contribution in [2.75, 3.05) is 0 Å². The highest BCUT2D eigenvalue weighted by molar-refractivity contribution is 6.12. The molecule has 0 fully saturated rings. The van der Waals surface area contributed by atoms with Gasteiger partial charge in [-0.05, 0) is 100 Å². The molecule has 0 spiro atoms. The smallest absolute Gasteiger partial charge is 0.160 e. The molecule has 68 heavy (non-hydrogen) atoms. The van der Waals surface area contributed by atoms with Gasteiger partial charge in [0.2, 0.25) is 0 Å². The van der Waals surface area contributed by atoms with Gasteiger partial charge in [0.05, 0.1) is 33.5 Å². The van der Waals surface area contributed by atoms with Gasteiger partial charge in [-0.2, -0.15) is 0 Å². The summed E-state index contributed by atoms with van der Waals surface area (Å²) in [5.74, 6) is 0.707. The number of benzene rings is 10. The molecule has 0 aliphatic carbocycles. The summed E-state index contributed by atoms with van der Waals surface area (Å²) in [6.45, 7) is 0. The lowest BCUT2D eigenvalue weighted by Crippen LogP contribution is -1.97. The van der Waals surface area contributed by atoms with Crippen LogP contribution < -0.4 is 0 Å². The normalized spacial score (nSPS) is 11.5. The summed E-state index contributed by atoms with van der Waals surface area (Å²) in [4.78, 5) is 10.1. The maximum Gasteiger partial charge on any atom is 0.160 e. The quantitative estimate of drug-likeness (QED) is 0.153. The van der Waals surface area contributed by atoms with Crippen molar-refractivity contribution in [3.05, 3.63) is 255 Å². The molecule has 0 aliphatic rings. The first-order valence-corrected chi connectivity index (χ1v) is 23.1. The highest BCUT2D eigenvalue weighted by Gasteiger charge is 2.18. The molecule has 0 saturated heterocycles. The molecule has 4 heteroatoms. The van der Waals surface area contributed by atoms with Gasteiger partial charge in [-0.3, -0.25) is 0 Å². The number of para-hydroxylation sites is 2. The van der Waals surface area contributed by atoms with Crippen molar-refractivity contribution in [1.29, 1.82) is 0 Å². The first-order valence-electron chi connectivity index (χ1n) is 23.1. The number of hydrogen-bond donors (Lipinski definition) is 0. The standard InChI is InChI=1S/C64H42N4/c1-5-17-43(18-6-1)50-37-51(44-19-7-2-8-20-44)39-53(38-50)68-61-28-16-14-26-55(61)57-40-48(32-36-62(57)68)49-31-35-56-54-25-13-15-27-60(54)67(63(56)41-49)52-33-29-46(30-34-52)59-42-58(45-21-9-3-10-22-45)65-64(66-59)47-23-11-4-12-24-47/h1-42H. The molecule has 318 valence electrons. The van der Waals surface area contributed by atoms with E-state index in [1.165, 1.54) is 65.9 Å². The van der Waals surface area contributed by atoms with Crippen LogP contribution in [0.3, 0.4) is 0 Å². The minimum Gasteiger partial charge on any atom is -0.309 e. The van der Waals surface area contributed by atoms with Crippen LogP contribution >= 0.6 is 0 Å². The average Bonchev–Trinajstić information content (AvgIpc) is 3.94. The summed E-state index contributed by atoms with van der Waals surface area (Å²) in [7, 11) is 0. The average molecular weight is 867 g/mol. The zero-order chi connectivity index (χ0) is 45.0. The minimum atomic E-state index is 0.707. The molecule has 4 nitrogen and oxygen atoms in total. The summed E-state index contributed by atoms with van der Waals surface area (Å²) < 4.78 is 4.83. The van der Waals surface area contributed by atoms with Gasteiger partial charge in [0, 0.05) is 49.6 Å². The molecule has 0 saturated carbocycles. The number of nitrogens with zero attached hydrogens (tertiary/aromatic N) is 4. The van der Waals surface area contributed by atoms with Gasteiger partial charge in [-0.1, -0.05) is 188 Å². The monoisotopic (exact) mass is 866 g/mol. The van der Waals surface area contributed by atoms with Gasteiger partial charge in [0.1, 0.15) is 0 Å². The van der Waals surface area contributed by atoms with Gasteiger partial charge in [0.15, 0.2) is 5.82 Å². The highest BCUT2D eigenvalue weighted by Crippen LogP contribution is 2.40. The zero-order valence-electron chi connectivity index (χ0n) is 37.0. The lowest BCUT2D eigenvalue weighted by atomic mass is 9.98. The largest absolute Gasteiger partial charge is 0.309 e. The van der Waals surface area contributed by atoms with Crippen LogP contribution in [0, 0.1) is 0 Å². The Labute approximate surface area is 394 Å². The molecule has 0 aliphatic heterocycles. The first kappa shape index (κ1) is 39.3. The van der Waals surface area contributed by atoms with Crippen LogP contribution in [0.2, 0.25) is 0 Å². The van der Waals surface area contributed by atoms with Crippen LogP contribution in [0.5, 0.6) is 0 Å². The SMILES string of the molecule is c1ccc(-c2cc(-c3ccccc3)cc(-n3c4ccccc4c4cc(-c5ccc6c7ccccc7n(-c7ccc(-c8cc(-c9ccccc9)nc(-c9ccccc9)n8)cc7)c6c5)ccc43)c2)cc1. The van der Waals surface area contributed by atoms with Gasteiger partial charge >= 0.3 is 0 Å². The lowest BCUT2D eigenvalue weighted by Gasteiger charge is -2.14. The molecule has 3 heterocycles. The maximum atomic E-state index is 5.11. The third-order valence-corrected chi connectivity index (χ3v) is 13.3. The molecule has 0 atom stereocenters. The van der Waals surface area contributed by atoms with E-state index in [4.69, 9.17) is 9.97 Å². The van der Waals surface area contributed by atoms with Crippen molar-refractivity contribution >= 4 is 43.6 Å². The molecule has 0 unspecified atom stereocenters. The van der Waals surface area contributed by atoms with Crippen LogP contribution in [-0.2, 0) is 0 Å². The summed E-state index contributed by atoms with van der Waals surface area (Å²) >= 11 is 0. The molecule has 0 amide bonds. The van der Waals surface area contributed by atoms with Gasteiger partial charge in [-0.15, -0.1) is 0 Å². The topological polar surface area (TPSA) is 35.6 Å². The van der Waals surface area contributed by atoms with E-state index in [1.54, 1.807) is 0 Å². The van der Waals surface area contributed by atoms with Crippen molar-refractivity contribution < 1.29 is 0 Å². The zero-order valence-corrected chi connectivity index (χ0v) is 37.0. The molecule has 13 aromatic rings. The summed E-state index contributed by atoms with van der Waals surface area (Å²) in [6.07, 6.45) is 0. The number of aromatic nitrogens is 4. The van der Waals surface area contributed by atoms with Gasteiger partial charge in [-0.25, -0.2) is 9.97 Å². The minimum absolute atomic E-state index is 0.707. The Kier molecular flexibility index (Phi) is 9.47. The second-order valence-electron chi connectivity index (χ2n) is 17.4. The lowest BCUT2D eigenvalue weighted by molar-refractivity contribution is 1.17. The Morgan fingerprint density at radius 2 is 0.647 bits per heavy atom. The van der Waals surface area contributed by atoms with Crippen molar-refractivity contribution in [3.8, 4) is 78.7 Å². The fraction of sp³-hybridized carbons (Fsp3) is 0. The molecule has 0 N–H and O–H groups in total. The second kappa shape index (κ2) is 16.4. The van der Waals surface area contributed by atoms with Crippen LogP contribution in [0.4, 0.5) is 0 Å². The molecule has 10 aromatic carbocycles. The fourth-order valence-electron chi connectivity index (χ4n) is 10.0. The van der Waals surface area contributed by atoms with E-state index >= 15 is 0 Å². The Balaban J connectivity index is 0.926. The van der Waals surface area contributed by atoms with E-state index in [2.05, 4.69) is 240 Å². The summed E-state index contributed by atoms with van der Waals surface area (Å²) in [5.41, 5.74) is 18.8. The molecule has 0 bridgehead atoms. The van der Waals surface area contributed by atoms with E-state index < -0.39 is 0 Å². The highest BCUT2D eigenvalue weighted by atomic mass is 15.0. The third-order valence-electron chi connectivity index (χ3n) is 13.3. The molecule has 13 rings (SSSR count). The Hall–Kier alpha value is -9.12. The van der Waals surface area contributed by atoms with E-state index in [9.17, 15) is 0 Å². The Morgan fingerprint density at radius 3 is 1.25 bits per heavy atom. The summed E-state index contributed by atoms with van der Waals surface area (Å²) in [5, 5.41) is 4.88. The van der Waals surface area contributed by atoms with Crippen molar-refractivity contribution in [1.82, 2.24) is 19.1 Å². The van der Waals surface area contributed by atoms with E-state index in [-0.39, 0.29) is 0 Å². The molecule has 0 radical (unpaired) electrons. The first-order chi connectivity index (χ1) is 33.7. The molecule has 3 aromatic heterocycles. The number of rotatable bonds is 8. The predicted molar refractivity (Wildman–Crippen MR) is 283 cm³/mol. The van der Waals surface area contributed by atoms with E-state index in [0.717, 1.165) is 50.5 Å². The van der Waals surface area contributed by atoms with Crippen molar-refractivity contribution in [3.63, 3.8) is 0 Å². The van der Waals surface area contributed by atoms with Crippen LogP contribution in [0.1, 0.15) is 0 Å². The van der Waals surface area contributed by atoms with Crippen molar-refractivity contribution in [2.24, 2.45) is 0 Å². The summed E-state index contributed by atoms with van der Waals surface area (Å²) in [6, 6.07) is 91.3. The van der Waals surface area contributed by atoms with Crippen LogP contribution in [0.15, 0.2) is 255 Å². The number of fused-ring (bicyclic) bond motifs is 6. The third kappa shape index (κ3) is 6.86.